The minimum absolute atomic E-state index is 0.650. The van der Waals surface area contributed by atoms with E-state index in [1.807, 2.05) is 6.92 Å². The van der Waals surface area contributed by atoms with Crippen LogP contribution in [0.25, 0.3) is 0 Å². The minimum Gasteiger partial charge on any atom is -0.197 e. The van der Waals surface area contributed by atoms with Crippen LogP contribution in [0.3, 0.4) is 0 Å². The summed E-state index contributed by atoms with van der Waals surface area (Å²) in [6, 6.07) is 0. The largest absolute Gasteiger partial charge is 0.459 e. The van der Waals surface area contributed by atoms with Crippen LogP contribution in [0.5, 0.6) is 0 Å². The molecule has 0 unspecified atom stereocenters. The van der Waals surface area contributed by atoms with E-state index in [2.05, 4.69) is 40.3 Å². The topological polar surface area (TPSA) is 0 Å². The molecule has 7 heavy (non-hydrogen) atoms. The zero-order chi connectivity index (χ0) is 5.70. The van der Waals surface area contributed by atoms with Gasteiger partial charge in [-0.05, 0) is 6.92 Å². The standard InChI is InChI=1S/C4H7.Al.2BrH/c1-3-4-2;;;/h3-4H,1H2,2H3;;2*1H/q;+2;;/p-2. The van der Waals surface area contributed by atoms with Crippen LogP contribution >= 0.6 is 28.1 Å². The summed E-state index contributed by atoms with van der Waals surface area (Å²) in [5.74, 6) is 0. The van der Waals surface area contributed by atoms with Gasteiger partial charge in [-0.1, -0.05) is 11.4 Å². The van der Waals surface area contributed by atoms with Gasteiger partial charge in [0.25, 0.3) is 0 Å². The number of halogens is 2. The highest BCUT2D eigenvalue weighted by atomic mass is 79.9. The molecule has 0 fully saturated rings. The molecule has 0 bridgehead atoms. The normalized spacial score (nSPS) is 10.1. The first-order valence-corrected chi connectivity index (χ1v) is 9.35. The Morgan fingerprint density at radius 1 is 1.57 bits per heavy atom. The highest BCUT2D eigenvalue weighted by Crippen LogP contribution is 2.08. The highest BCUT2D eigenvalue weighted by Gasteiger charge is 2.02. The molecule has 0 aliphatic heterocycles. The van der Waals surface area contributed by atoms with Crippen LogP contribution in [0, 0.1) is 0 Å². The summed E-state index contributed by atoms with van der Waals surface area (Å²) in [6.07, 6.45) is 4.24. The maximum atomic E-state index is 3.48. The molecule has 0 saturated carbocycles. The van der Waals surface area contributed by atoms with Crippen molar-refractivity contribution in [1.29, 1.82) is 0 Å². The number of allylic oxidation sites excluding steroid dienone is 2. The Hall–Kier alpha value is 1.23. The Labute approximate surface area is 62.7 Å². The van der Waals surface area contributed by atoms with Crippen LogP contribution in [0.2, 0.25) is 5.28 Å². The molecule has 0 saturated heterocycles. The van der Waals surface area contributed by atoms with Crippen molar-refractivity contribution in [2.24, 2.45) is 0 Å². The van der Waals surface area contributed by atoms with Crippen molar-refractivity contribution < 1.29 is 0 Å². The third-order valence-electron chi connectivity index (χ3n) is 0.550. The summed E-state index contributed by atoms with van der Waals surface area (Å²) in [7, 11) is -0.650. The van der Waals surface area contributed by atoms with E-state index in [4.69, 9.17) is 0 Å². The van der Waals surface area contributed by atoms with Gasteiger partial charge in [-0.3, -0.25) is 0 Å². The van der Waals surface area contributed by atoms with E-state index in [-0.39, 0.29) is 0 Å². The number of hydrogen-bond acceptors (Lipinski definition) is 0. The van der Waals surface area contributed by atoms with Crippen LogP contribution in [0.1, 0.15) is 6.92 Å². The first kappa shape index (κ1) is 8.23. The van der Waals surface area contributed by atoms with Crippen LogP contribution in [0.4, 0.5) is 0 Å². The van der Waals surface area contributed by atoms with Gasteiger partial charge in [0.15, 0.2) is 0 Å². The van der Waals surface area contributed by atoms with Crippen molar-refractivity contribution in [3.8, 4) is 0 Å². The quantitative estimate of drug-likeness (QED) is 0.515. The molecular weight excluding hydrogens is 235 g/mol. The Morgan fingerprint density at radius 3 is 2.29 bits per heavy atom. The minimum atomic E-state index is -0.650. The fourth-order valence-electron chi connectivity index (χ4n) is 0.239. The van der Waals surface area contributed by atoms with E-state index in [0.717, 1.165) is 0 Å². The third-order valence-corrected chi connectivity index (χ3v) is 3.42. The summed E-state index contributed by atoms with van der Waals surface area (Å²) < 4.78 is 0. The van der Waals surface area contributed by atoms with E-state index in [1.165, 1.54) is 5.28 Å². The number of rotatable bonds is 2. The van der Waals surface area contributed by atoms with E-state index in [9.17, 15) is 0 Å². The summed E-state index contributed by atoms with van der Waals surface area (Å²) in [6.45, 7) is 2.04. The van der Waals surface area contributed by atoms with Crippen molar-refractivity contribution >= 4 is 38.6 Å². The molecule has 0 atom stereocenters. The molecule has 0 aliphatic carbocycles. The molecule has 0 aliphatic rings. The molecule has 0 aromatic carbocycles. The second-order valence-corrected chi connectivity index (χ2v) is 12.8. The van der Waals surface area contributed by atoms with E-state index < -0.39 is 10.5 Å². The van der Waals surface area contributed by atoms with Gasteiger partial charge < -0.3 is 0 Å². The van der Waals surface area contributed by atoms with Gasteiger partial charge in [0, 0.05) is 0 Å². The summed E-state index contributed by atoms with van der Waals surface area (Å²) in [5, 5.41) is 1.19. The first-order chi connectivity index (χ1) is 3.27. The van der Waals surface area contributed by atoms with Crippen LogP contribution < -0.4 is 0 Å². The van der Waals surface area contributed by atoms with Gasteiger partial charge in [-0.2, -0.15) is 28.1 Å². The fourth-order valence-corrected chi connectivity index (χ4v) is 2.01. The summed E-state index contributed by atoms with van der Waals surface area (Å²) in [5.41, 5.74) is 0. The molecule has 0 heterocycles. The van der Waals surface area contributed by atoms with Crippen molar-refractivity contribution in [2.45, 2.75) is 12.2 Å². The lowest BCUT2D eigenvalue weighted by molar-refractivity contribution is 1.62. The monoisotopic (exact) mass is 240 g/mol. The molecule has 40 valence electrons. The fraction of sp³-hybridized carbons (Fsp3) is 0.500. The Kier molecular flexibility index (Phi) is 6.32. The van der Waals surface area contributed by atoms with Crippen molar-refractivity contribution in [1.82, 2.24) is 0 Å². The SMILES string of the molecule is CC=C[CH2][Al]([Br])[Br]. The predicted molar refractivity (Wildman–Crippen MR) is 43.2 cm³/mol. The third kappa shape index (κ3) is 7.23. The highest BCUT2D eigenvalue weighted by molar-refractivity contribution is 9.49. The predicted octanol–water partition coefficient (Wildman–Crippen LogP) is 2.84. The Balaban J connectivity index is 2.97. The van der Waals surface area contributed by atoms with Crippen molar-refractivity contribution in [3.05, 3.63) is 12.2 Å². The lowest BCUT2D eigenvalue weighted by Crippen LogP contribution is -1.83. The smallest absolute Gasteiger partial charge is 0.197 e. The van der Waals surface area contributed by atoms with Crippen LogP contribution in [0.15, 0.2) is 12.2 Å². The Bertz CT molecular complexity index is 60.7. The zero-order valence-electron chi connectivity index (χ0n) is 4.20. The number of hydrogen-bond donors (Lipinski definition) is 0. The average Bonchev–Trinajstić information content (AvgIpc) is 1.61. The maximum Gasteiger partial charge on any atom is 0.459 e. The molecule has 0 aromatic heterocycles. The molecule has 0 rings (SSSR count). The molecule has 0 spiro atoms. The molecule has 0 radical (unpaired) electrons. The van der Waals surface area contributed by atoms with E-state index in [1.54, 1.807) is 0 Å². The second kappa shape index (κ2) is 5.37. The zero-order valence-corrected chi connectivity index (χ0v) is 8.52. The van der Waals surface area contributed by atoms with E-state index >= 15 is 0 Å². The van der Waals surface area contributed by atoms with Crippen molar-refractivity contribution in [2.75, 3.05) is 0 Å². The van der Waals surface area contributed by atoms with Gasteiger partial charge in [-0.25, -0.2) is 0 Å². The maximum absolute atomic E-state index is 3.48. The first-order valence-electron chi connectivity index (χ1n) is 2.16. The van der Waals surface area contributed by atoms with Gasteiger partial charge in [0.2, 0.25) is 0 Å². The molecule has 0 nitrogen and oxygen atoms in total. The second-order valence-electron chi connectivity index (χ2n) is 1.20. The molecule has 0 N–H and O–H groups in total. The van der Waals surface area contributed by atoms with Crippen LogP contribution in [-0.2, 0) is 0 Å². The van der Waals surface area contributed by atoms with Gasteiger partial charge in [-0.15, -0.1) is 6.08 Å². The molecule has 0 amide bonds. The Morgan fingerprint density at radius 2 is 2.14 bits per heavy atom. The van der Waals surface area contributed by atoms with Crippen molar-refractivity contribution in [3.63, 3.8) is 0 Å². The molecular formula is C4H7AlBr2. The molecule has 0 aromatic rings. The van der Waals surface area contributed by atoms with Gasteiger partial charge >= 0.3 is 10.5 Å². The lowest BCUT2D eigenvalue weighted by atomic mass is 10.6. The van der Waals surface area contributed by atoms with Gasteiger partial charge in [0.1, 0.15) is 0 Å². The summed E-state index contributed by atoms with van der Waals surface area (Å²) in [4.78, 5) is 0. The van der Waals surface area contributed by atoms with Gasteiger partial charge in [0.05, 0.1) is 0 Å². The van der Waals surface area contributed by atoms with E-state index in [0.29, 0.717) is 0 Å². The average molecular weight is 242 g/mol. The molecule has 3 heteroatoms. The summed E-state index contributed by atoms with van der Waals surface area (Å²) >= 11 is 6.96. The van der Waals surface area contributed by atoms with Crippen LogP contribution in [-0.4, -0.2) is 10.5 Å². The lowest BCUT2D eigenvalue weighted by Gasteiger charge is -1.81.